The van der Waals surface area contributed by atoms with Crippen molar-refractivity contribution in [1.82, 2.24) is 15.1 Å². The van der Waals surface area contributed by atoms with E-state index in [-0.39, 0.29) is 0 Å². The van der Waals surface area contributed by atoms with E-state index in [0.29, 0.717) is 6.04 Å². The highest BCUT2D eigenvalue weighted by Crippen LogP contribution is 2.27. The molecule has 20 heavy (non-hydrogen) atoms. The Morgan fingerprint density at radius 3 is 2.65 bits per heavy atom. The summed E-state index contributed by atoms with van der Waals surface area (Å²) in [5.74, 6) is 1.10. The molecule has 3 rings (SSSR count). The predicted molar refractivity (Wildman–Crippen MR) is 80.6 cm³/mol. The first kappa shape index (κ1) is 14.1. The van der Waals surface area contributed by atoms with Gasteiger partial charge < -0.3 is 9.73 Å². The first-order valence-electron chi connectivity index (χ1n) is 7.97. The van der Waals surface area contributed by atoms with Crippen molar-refractivity contribution in [3.05, 3.63) is 23.7 Å². The highest BCUT2D eigenvalue weighted by Gasteiger charge is 2.31. The first-order valence-corrected chi connectivity index (χ1v) is 7.97. The Bertz CT molecular complexity index is 417. The number of rotatable bonds is 6. The number of hydrogen-bond donors (Lipinski definition) is 1. The Balaban J connectivity index is 1.49. The number of furan rings is 1. The van der Waals surface area contributed by atoms with Crippen LogP contribution < -0.4 is 5.32 Å². The fourth-order valence-electron chi connectivity index (χ4n) is 2.93. The molecular weight excluding hydrogens is 250 g/mol. The van der Waals surface area contributed by atoms with Crippen LogP contribution in [0, 0.1) is 0 Å². The van der Waals surface area contributed by atoms with Crippen molar-refractivity contribution >= 4 is 0 Å². The summed E-state index contributed by atoms with van der Waals surface area (Å²) in [4.78, 5) is 5.22. The predicted octanol–water partition coefficient (Wildman–Crippen LogP) is 2.06. The summed E-state index contributed by atoms with van der Waals surface area (Å²) in [5.41, 5.74) is 1.35. The van der Waals surface area contributed by atoms with Gasteiger partial charge in [-0.25, -0.2) is 0 Å². The van der Waals surface area contributed by atoms with E-state index in [1.165, 1.54) is 44.6 Å². The molecular formula is C16H27N3O. The van der Waals surface area contributed by atoms with Gasteiger partial charge in [-0.1, -0.05) is 13.8 Å². The van der Waals surface area contributed by atoms with Crippen LogP contribution in [0.1, 0.15) is 38.0 Å². The third kappa shape index (κ3) is 3.62. The van der Waals surface area contributed by atoms with Gasteiger partial charge in [0.1, 0.15) is 5.76 Å². The molecule has 1 aromatic rings. The van der Waals surface area contributed by atoms with E-state index in [9.17, 15) is 0 Å². The summed E-state index contributed by atoms with van der Waals surface area (Å²) in [7, 11) is 0. The van der Waals surface area contributed by atoms with E-state index < -0.39 is 0 Å². The molecule has 1 aromatic heterocycles. The van der Waals surface area contributed by atoms with Crippen molar-refractivity contribution in [2.75, 3.05) is 26.2 Å². The second-order valence-corrected chi connectivity index (χ2v) is 6.45. The van der Waals surface area contributed by atoms with Gasteiger partial charge in [0, 0.05) is 50.4 Å². The molecule has 0 aromatic carbocycles. The minimum absolute atomic E-state index is 0.495. The van der Waals surface area contributed by atoms with Crippen molar-refractivity contribution in [3.8, 4) is 0 Å². The van der Waals surface area contributed by atoms with Gasteiger partial charge in [-0.2, -0.15) is 0 Å². The van der Waals surface area contributed by atoms with Crippen molar-refractivity contribution in [2.45, 2.75) is 51.9 Å². The number of hydrogen-bond acceptors (Lipinski definition) is 4. The van der Waals surface area contributed by atoms with Crippen molar-refractivity contribution < 1.29 is 4.42 Å². The van der Waals surface area contributed by atoms with Crippen LogP contribution in [0.15, 0.2) is 16.7 Å². The molecule has 0 unspecified atom stereocenters. The quantitative estimate of drug-likeness (QED) is 0.862. The smallest absolute Gasteiger partial charge is 0.122 e. The lowest BCUT2D eigenvalue weighted by molar-refractivity contribution is 0.121. The lowest BCUT2D eigenvalue weighted by Crippen LogP contribution is -2.46. The van der Waals surface area contributed by atoms with E-state index in [0.717, 1.165) is 24.9 Å². The molecule has 0 amide bonds. The Labute approximate surface area is 122 Å². The second kappa shape index (κ2) is 6.29. The van der Waals surface area contributed by atoms with Gasteiger partial charge in [0.25, 0.3) is 0 Å². The molecule has 1 aliphatic carbocycles. The van der Waals surface area contributed by atoms with E-state index in [1.807, 2.05) is 6.26 Å². The van der Waals surface area contributed by atoms with E-state index in [4.69, 9.17) is 4.42 Å². The summed E-state index contributed by atoms with van der Waals surface area (Å²) < 4.78 is 5.63. The molecule has 112 valence electrons. The summed E-state index contributed by atoms with van der Waals surface area (Å²) in [6.45, 7) is 11.1. The summed E-state index contributed by atoms with van der Waals surface area (Å²) in [6.07, 6.45) is 4.67. The lowest BCUT2D eigenvalue weighted by atomic mass is 10.2. The molecule has 0 atom stereocenters. The van der Waals surface area contributed by atoms with Crippen molar-refractivity contribution in [3.63, 3.8) is 0 Å². The van der Waals surface area contributed by atoms with Crippen molar-refractivity contribution in [1.29, 1.82) is 0 Å². The van der Waals surface area contributed by atoms with Crippen LogP contribution in [-0.2, 0) is 13.1 Å². The van der Waals surface area contributed by atoms with Crippen LogP contribution in [0.25, 0.3) is 0 Å². The molecule has 1 saturated heterocycles. The van der Waals surface area contributed by atoms with Crippen LogP contribution in [-0.4, -0.2) is 48.1 Å². The van der Waals surface area contributed by atoms with Gasteiger partial charge in [-0.15, -0.1) is 0 Å². The Kier molecular flexibility index (Phi) is 4.44. The maximum atomic E-state index is 5.63. The molecule has 0 spiro atoms. The Morgan fingerprint density at radius 1 is 1.25 bits per heavy atom. The fourth-order valence-corrected chi connectivity index (χ4v) is 2.93. The number of nitrogens with zero attached hydrogens (tertiary/aromatic N) is 2. The monoisotopic (exact) mass is 277 g/mol. The molecule has 2 fully saturated rings. The Hall–Kier alpha value is -0.840. The normalized spacial score (nSPS) is 21.8. The van der Waals surface area contributed by atoms with E-state index >= 15 is 0 Å². The van der Waals surface area contributed by atoms with Crippen LogP contribution in [0.5, 0.6) is 0 Å². The molecule has 0 radical (unpaired) electrons. The number of nitrogens with one attached hydrogen (secondary N) is 1. The summed E-state index contributed by atoms with van der Waals surface area (Å²) >= 11 is 0. The van der Waals surface area contributed by atoms with Crippen molar-refractivity contribution in [2.24, 2.45) is 0 Å². The van der Waals surface area contributed by atoms with E-state index in [1.54, 1.807) is 0 Å². The zero-order chi connectivity index (χ0) is 13.9. The van der Waals surface area contributed by atoms with Gasteiger partial charge in [-0.3, -0.25) is 9.80 Å². The molecule has 0 bridgehead atoms. The van der Waals surface area contributed by atoms with Gasteiger partial charge in [-0.05, 0) is 18.9 Å². The third-order valence-corrected chi connectivity index (χ3v) is 4.37. The highest BCUT2D eigenvalue weighted by atomic mass is 16.3. The zero-order valence-electron chi connectivity index (χ0n) is 12.8. The average Bonchev–Trinajstić information content (AvgIpc) is 3.19. The first-order chi connectivity index (χ1) is 9.72. The third-order valence-electron chi connectivity index (χ3n) is 4.37. The fraction of sp³-hybridized carbons (Fsp3) is 0.750. The molecule has 2 aliphatic rings. The highest BCUT2D eigenvalue weighted by molar-refractivity contribution is 5.17. The molecule has 2 heterocycles. The SMILES string of the molecule is CC(C)NCc1occc1CN1CCN(C2CC2)CC1. The van der Waals surface area contributed by atoms with E-state index in [2.05, 4.69) is 35.0 Å². The molecule has 4 heteroatoms. The molecule has 4 nitrogen and oxygen atoms in total. The maximum absolute atomic E-state index is 5.63. The molecule has 1 aliphatic heterocycles. The van der Waals surface area contributed by atoms with Gasteiger partial charge in [0.2, 0.25) is 0 Å². The van der Waals surface area contributed by atoms with Crippen LogP contribution >= 0.6 is 0 Å². The van der Waals surface area contributed by atoms with Crippen LogP contribution in [0.4, 0.5) is 0 Å². The van der Waals surface area contributed by atoms with Crippen LogP contribution in [0.2, 0.25) is 0 Å². The largest absolute Gasteiger partial charge is 0.468 e. The average molecular weight is 277 g/mol. The molecule has 1 N–H and O–H groups in total. The van der Waals surface area contributed by atoms with Gasteiger partial charge >= 0.3 is 0 Å². The topological polar surface area (TPSA) is 31.7 Å². The lowest BCUT2D eigenvalue weighted by Gasteiger charge is -2.34. The minimum Gasteiger partial charge on any atom is -0.468 e. The second-order valence-electron chi connectivity index (χ2n) is 6.45. The standard InChI is InChI=1S/C16H27N3O/c1-13(2)17-11-16-14(5-10-20-16)12-18-6-8-19(9-7-18)15-3-4-15/h5,10,13,15,17H,3-4,6-9,11-12H2,1-2H3. The summed E-state index contributed by atoms with van der Waals surface area (Å²) in [6, 6.07) is 3.54. The Morgan fingerprint density at radius 2 is 2.00 bits per heavy atom. The van der Waals surface area contributed by atoms with Gasteiger partial charge in [0.05, 0.1) is 12.8 Å². The van der Waals surface area contributed by atoms with Gasteiger partial charge in [0.15, 0.2) is 0 Å². The number of piperazine rings is 1. The zero-order valence-corrected chi connectivity index (χ0v) is 12.8. The van der Waals surface area contributed by atoms with Crippen LogP contribution in [0.3, 0.4) is 0 Å². The minimum atomic E-state index is 0.495. The molecule has 1 saturated carbocycles. The maximum Gasteiger partial charge on any atom is 0.122 e. The summed E-state index contributed by atoms with van der Waals surface area (Å²) in [5, 5.41) is 3.44.